The highest BCUT2D eigenvalue weighted by molar-refractivity contribution is 8.06. The minimum Gasteiger partial charge on any atom is -0.389 e. The number of nitriles is 2. The number of hydrogen-bond acceptors (Lipinski definition) is 15. The molecule has 0 bridgehead atoms. The normalized spacial score (nSPS) is 16.4. The highest BCUT2D eigenvalue weighted by Gasteiger charge is 2.37. The van der Waals surface area contributed by atoms with Crippen molar-refractivity contribution in [3.8, 4) is 12.1 Å². The Hall–Kier alpha value is -7.66. The summed E-state index contributed by atoms with van der Waals surface area (Å²) in [5.41, 5.74) is 12.6. The van der Waals surface area contributed by atoms with Crippen LogP contribution in [-0.4, -0.2) is 155 Å². The van der Waals surface area contributed by atoms with Gasteiger partial charge in [0.1, 0.15) is 11.6 Å². The van der Waals surface area contributed by atoms with E-state index in [2.05, 4.69) is 124 Å². The lowest BCUT2D eigenvalue weighted by molar-refractivity contribution is 0.0835. The molecule has 2 fully saturated rings. The Morgan fingerprint density at radius 3 is 1.59 bits per heavy atom. The molecule has 4 aromatic carbocycles. The first-order chi connectivity index (χ1) is 46.9. The number of allylic oxidation sites excluding steroid dienone is 2. The van der Waals surface area contributed by atoms with E-state index in [1.54, 1.807) is 68.8 Å². The highest BCUT2D eigenvalue weighted by atomic mass is 35.5. The van der Waals surface area contributed by atoms with Crippen LogP contribution < -0.4 is 15.5 Å². The molecule has 0 saturated carbocycles. The van der Waals surface area contributed by atoms with Gasteiger partial charge >= 0.3 is 6.03 Å². The summed E-state index contributed by atoms with van der Waals surface area (Å²) < 4.78 is 31.6. The van der Waals surface area contributed by atoms with Crippen LogP contribution in [0.3, 0.4) is 0 Å². The van der Waals surface area contributed by atoms with Crippen molar-refractivity contribution in [2.75, 3.05) is 75.7 Å². The number of pyridine rings is 2. The minimum absolute atomic E-state index is 0.123. The van der Waals surface area contributed by atoms with Crippen molar-refractivity contribution in [2.45, 2.75) is 91.6 Å². The van der Waals surface area contributed by atoms with Crippen LogP contribution in [0.25, 0.3) is 23.3 Å². The SMILES string of the molecule is Cc1nccn1CC1=Cc2cccnc2C(N2CCNCC2)c2ccc(Cl)cc21.[2H]B(C)S.[2H]B(C)S.[3H]OC(C)(C)CN(C(=O)N1CCN(C2c3ccc(Cl)cc3C(Cn3ccnc3C)=Cc3cccnc32)CC1)c1ccc(C#N)cc1.[3H]OC(C)(C)CNc1ccc(C#N)cc1. The van der Waals surface area contributed by atoms with Crippen molar-refractivity contribution in [2.24, 2.45) is 0 Å². The lowest BCUT2D eigenvalue weighted by Crippen LogP contribution is -2.55. The number of aliphatic hydroxyl groups is 2. The molecule has 12 rings (SSSR count). The highest BCUT2D eigenvalue weighted by Crippen LogP contribution is 2.43. The number of nitrogens with zero attached hydrogens (tertiary/aromatic N) is 12. The maximum absolute atomic E-state index is 14.0. The van der Waals surface area contributed by atoms with E-state index in [1.807, 2.05) is 112 Å². The molecular formula is C71H84B2Cl2N14O3S2. The summed E-state index contributed by atoms with van der Waals surface area (Å²) in [6.07, 6.45) is 15.9. The van der Waals surface area contributed by atoms with Gasteiger partial charge in [0.2, 0.25) is 2.86 Å². The van der Waals surface area contributed by atoms with Gasteiger partial charge in [-0.25, -0.2) is 39.7 Å². The number of aromatic nitrogens is 6. The van der Waals surface area contributed by atoms with Crippen LogP contribution in [0.2, 0.25) is 23.7 Å². The van der Waals surface area contributed by atoms with Crippen molar-refractivity contribution in [1.29, 1.82) is 16.1 Å². The monoisotopic (exact) mass is 1340 g/mol. The maximum atomic E-state index is 14.0. The first-order valence-electron chi connectivity index (χ1n) is 33.2. The van der Waals surface area contributed by atoms with E-state index in [0.29, 0.717) is 61.1 Å². The van der Waals surface area contributed by atoms with E-state index in [0.717, 1.165) is 88.7 Å². The van der Waals surface area contributed by atoms with Crippen LogP contribution in [0.1, 0.15) is 107 Å². The van der Waals surface area contributed by atoms with Crippen LogP contribution >= 0.6 is 48.2 Å². The number of thiol groups is 2. The van der Waals surface area contributed by atoms with Crippen LogP contribution in [0.5, 0.6) is 0 Å². The van der Waals surface area contributed by atoms with Gasteiger partial charge in [-0.1, -0.05) is 61.1 Å². The molecule has 2 aliphatic heterocycles. The summed E-state index contributed by atoms with van der Waals surface area (Å²) in [6.45, 7) is 22.6. The molecule has 0 radical (unpaired) electrons. The van der Waals surface area contributed by atoms with Gasteiger partial charge < -0.3 is 34.9 Å². The Kier molecular flexibility index (Phi) is 24.1. The van der Waals surface area contributed by atoms with E-state index in [1.165, 1.54) is 22.3 Å². The van der Waals surface area contributed by atoms with Gasteiger partial charge in [-0.15, -0.1) is 0 Å². The third kappa shape index (κ3) is 19.5. The average Bonchev–Trinajstić information content (AvgIpc) is 1.58. The Morgan fingerprint density at radius 1 is 0.691 bits per heavy atom. The van der Waals surface area contributed by atoms with E-state index >= 15 is 0 Å². The molecule has 2 unspecified atom stereocenters. The molecular weight excluding hydrogens is 1250 g/mol. The summed E-state index contributed by atoms with van der Waals surface area (Å²) in [4.78, 5) is 41.0. The Labute approximate surface area is 582 Å². The van der Waals surface area contributed by atoms with Crippen LogP contribution in [-0.2, 0) is 13.1 Å². The number of carbonyl (C=O) groups excluding carboxylic acids is 1. The number of imidazole rings is 2. The minimum atomic E-state index is -0.897. The molecule has 2 atom stereocenters. The molecule has 488 valence electrons. The third-order valence-electron chi connectivity index (χ3n) is 16.0. The number of carbonyl (C=O) groups is 1. The van der Waals surface area contributed by atoms with E-state index < -0.39 is 11.2 Å². The van der Waals surface area contributed by atoms with Crippen molar-refractivity contribution in [3.05, 3.63) is 224 Å². The van der Waals surface area contributed by atoms with Crippen LogP contribution in [0.4, 0.5) is 16.2 Å². The number of piperazine rings is 2. The topological polar surface area (TPSA) is 204 Å². The number of fused-ring (bicyclic) bond motifs is 4. The van der Waals surface area contributed by atoms with E-state index in [9.17, 15) is 10.1 Å². The van der Waals surface area contributed by atoms with Crippen molar-refractivity contribution >= 4 is 102 Å². The zero-order valence-electron chi connectivity index (χ0n) is 58.5. The molecule has 2 aliphatic carbocycles. The Balaban J connectivity index is 0.000000199. The Morgan fingerprint density at radius 2 is 1.15 bits per heavy atom. The van der Waals surface area contributed by atoms with Gasteiger partial charge in [0.25, 0.3) is 0 Å². The number of amides is 2. The molecule has 94 heavy (non-hydrogen) atoms. The molecule has 0 spiro atoms. The number of aryl methyl sites for hydroxylation is 2. The van der Waals surface area contributed by atoms with Gasteiger partial charge in [0.15, 0.2) is 13.0 Å². The summed E-state index contributed by atoms with van der Waals surface area (Å²) in [6, 6.07) is 38.7. The smallest absolute Gasteiger partial charge is 0.324 e. The summed E-state index contributed by atoms with van der Waals surface area (Å²) in [5, 5.41) is 35.4. The molecule has 23 heteroatoms. The van der Waals surface area contributed by atoms with Gasteiger partial charge in [-0.05, 0) is 186 Å². The second kappa shape index (κ2) is 34.1. The molecule has 17 nitrogen and oxygen atoms in total. The second-order valence-electron chi connectivity index (χ2n) is 24.2. The zero-order chi connectivity index (χ0) is 70.7. The third-order valence-corrected chi connectivity index (χ3v) is 16.5. The largest absolute Gasteiger partial charge is 0.389 e. The molecule has 4 N–H and O–H groups in total. The zero-order valence-corrected chi connectivity index (χ0v) is 57.8. The predicted molar refractivity (Wildman–Crippen MR) is 392 cm³/mol. The second-order valence-corrected chi connectivity index (χ2v) is 26.1. The summed E-state index contributed by atoms with van der Waals surface area (Å²) in [7, 11) is 0. The number of nitrogens with one attached hydrogen (secondary N) is 2. The molecule has 6 heterocycles. The number of rotatable bonds is 14. The fourth-order valence-electron chi connectivity index (χ4n) is 11.6. The number of halogens is 2. The van der Waals surface area contributed by atoms with Gasteiger partial charge in [0.05, 0.1) is 64.5 Å². The van der Waals surface area contributed by atoms with E-state index in [-0.39, 0.29) is 37.7 Å². The first-order valence-corrected chi connectivity index (χ1v) is 33.1. The predicted octanol–water partition coefficient (Wildman–Crippen LogP) is 11.9. The van der Waals surface area contributed by atoms with Crippen molar-refractivity contribution in [1.82, 2.24) is 49.1 Å². The Bertz CT molecular complexity index is 4090. The van der Waals surface area contributed by atoms with Crippen LogP contribution in [0.15, 0.2) is 146 Å². The number of benzene rings is 4. The van der Waals surface area contributed by atoms with E-state index in [4.69, 9.17) is 49.1 Å². The van der Waals surface area contributed by atoms with Gasteiger partial charge in [-0.2, -0.15) is 10.5 Å². The molecule has 4 aromatic heterocycles. The summed E-state index contributed by atoms with van der Waals surface area (Å²) in [5.74, 6) is 1.94. The molecule has 2 amide bonds. The standard InChI is InChI=1S/C35H36ClN7O2.C23H24ClN5.C11H14N2O.2CH5BS/c1-24-38-13-14-42(24)22-27-19-26-5-4-12-39-32(26)33(30-11-8-28(36)20-31(27)30)40-15-17-41(18-16-40)34(44)43(23-35(2,3)45)29-9-6-25(21-37)7-10-29;1-16-26-9-12-29(16)15-18-13-17-3-2-6-27-22(17)23(28-10-7-25-8-11-28)20-5-4-19(24)14-21(18)20;1-11(2,14)8-13-10-5-3-9(7-12)4-6-10;2*1-2-3/h4-14,19-20,33,45H,15-18,22-23H2,1-3H3;2-6,9,12-14,23,25H,7-8,10-11,15H2,1H3;3-6,13-14H,8H2,1-2H3;2*2-3H,1H3/i45T;;14T;2*2D. The molecule has 4 aliphatic rings. The van der Waals surface area contributed by atoms with Crippen molar-refractivity contribution in [3.63, 3.8) is 0 Å². The number of hydrogen-bond donors (Lipinski definition) is 6. The molecule has 2 saturated heterocycles. The van der Waals surface area contributed by atoms with Gasteiger partial charge in [-0.3, -0.25) is 24.7 Å². The van der Waals surface area contributed by atoms with Gasteiger partial charge in [0, 0.05) is 131 Å². The lowest BCUT2D eigenvalue weighted by atomic mass is 9.93. The van der Waals surface area contributed by atoms with Crippen molar-refractivity contribution < 1.29 is 15.0 Å². The lowest BCUT2D eigenvalue weighted by Gasteiger charge is -2.42. The first kappa shape index (κ1) is 66.4. The number of urea groups is 1. The molecule has 8 aromatic rings. The van der Waals surface area contributed by atoms with Crippen LogP contribution in [0, 0.1) is 36.5 Å². The average molecular weight is 1340 g/mol. The summed E-state index contributed by atoms with van der Waals surface area (Å²) >= 11 is 20.3. The fraction of sp³-hybridized carbons (Fsp3) is 0.338. The quantitative estimate of drug-likeness (QED) is 0.0444. The fourth-order valence-corrected chi connectivity index (χ4v) is 12.0. The maximum Gasteiger partial charge on any atom is 0.324 e. The number of anilines is 2.